The van der Waals surface area contributed by atoms with Crippen LogP contribution in [0, 0.1) is 17.2 Å². The molecule has 3 nitrogen and oxygen atoms in total. The third kappa shape index (κ3) is 2.65. The number of para-hydroxylation sites is 1. The second-order valence-corrected chi connectivity index (χ2v) is 4.90. The predicted molar refractivity (Wildman–Crippen MR) is 71.3 cm³/mol. The molecule has 3 heteroatoms. The molecule has 0 aromatic heterocycles. The molecule has 0 saturated heterocycles. The zero-order valence-electron chi connectivity index (χ0n) is 11.0. The Balaban J connectivity index is 2.07. The van der Waals surface area contributed by atoms with E-state index >= 15 is 0 Å². The second kappa shape index (κ2) is 5.88. The van der Waals surface area contributed by atoms with E-state index in [4.69, 9.17) is 10.00 Å². The molecule has 1 aliphatic rings. The molecule has 1 N–H and O–H groups in total. The fraction of sp³-hybridized carbons (Fsp3) is 0.533. The Morgan fingerprint density at radius 2 is 2.17 bits per heavy atom. The number of benzene rings is 1. The van der Waals surface area contributed by atoms with Crippen LogP contribution in [0.2, 0.25) is 0 Å². The van der Waals surface area contributed by atoms with Gasteiger partial charge in [0, 0.05) is 17.6 Å². The number of hydrogen-bond acceptors (Lipinski definition) is 3. The van der Waals surface area contributed by atoms with Crippen molar-refractivity contribution in [3.63, 3.8) is 0 Å². The highest BCUT2D eigenvalue weighted by Gasteiger charge is 2.28. The summed E-state index contributed by atoms with van der Waals surface area (Å²) in [5, 5.41) is 12.7. The largest absolute Gasteiger partial charge is 0.496 e. The molecular weight excluding hydrogens is 224 g/mol. The van der Waals surface area contributed by atoms with Crippen molar-refractivity contribution in [3.8, 4) is 11.8 Å². The minimum absolute atomic E-state index is 0.155. The predicted octanol–water partition coefficient (Wildman–Crippen LogP) is 3.04. The first-order valence-electron chi connectivity index (χ1n) is 6.55. The van der Waals surface area contributed by atoms with Gasteiger partial charge in [0.15, 0.2) is 0 Å². The summed E-state index contributed by atoms with van der Waals surface area (Å²) in [6.07, 6.45) is 3.26. The van der Waals surface area contributed by atoms with E-state index in [-0.39, 0.29) is 12.0 Å². The van der Waals surface area contributed by atoms with Gasteiger partial charge < -0.3 is 10.1 Å². The van der Waals surface area contributed by atoms with Gasteiger partial charge in [-0.1, -0.05) is 24.6 Å². The van der Waals surface area contributed by atoms with Gasteiger partial charge >= 0.3 is 0 Å². The molecule has 1 saturated carbocycles. The fourth-order valence-electron chi connectivity index (χ4n) is 2.75. The van der Waals surface area contributed by atoms with E-state index < -0.39 is 0 Å². The van der Waals surface area contributed by atoms with Crippen molar-refractivity contribution in [2.75, 3.05) is 7.11 Å². The molecular formula is C15H20N2O. The van der Waals surface area contributed by atoms with Gasteiger partial charge in [0.1, 0.15) is 5.75 Å². The van der Waals surface area contributed by atoms with Gasteiger partial charge in [-0.3, -0.25) is 0 Å². The van der Waals surface area contributed by atoms with Crippen molar-refractivity contribution in [2.24, 2.45) is 5.92 Å². The van der Waals surface area contributed by atoms with E-state index in [1.807, 2.05) is 18.2 Å². The summed E-state index contributed by atoms with van der Waals surface area (Å²) in [4.78, 5) is 0. The second-order valence-electron chi connectivity index (χ2n) is 4.90. The summed E-state index contributed by atoms with van der Waals surface area (Å²) in [5.41, 5.74) is 1.16. The molecule has 1 aliphatic carbocycles. The van der Waals surface area contributed by atoms with Crippen molar-refractivity contribution in [1.29, 1.82) is 5.26 Å². The molecule has 0 amide bonds. The first kappa shape index (κ1) is 12.9. The summed E-state index contributed by atoms with van der Waals surface area (Å²) in [5.74, 6) is 1.06. The monoisotopic (exact) mass is 244 g/mol. The molecule has 0 heterocycles. The van der Waals surface area contributed by atoms with E-state index in [0.717, 1.165) is 30.6 Å². The summed E-state index contributed by atoms with van der Waals surface area (Å²) in [7, 11) is 1.69. The fourth-order valence-corrected chi connectivity index (χ4v) is 2.75. The smallest absolute Gasteiger partial charge is 0.123 e. The zero-order chi connectivity index (χ0) is 13.0. The maximum absolute atomic E-state index is 9.11. The van der Waals surface area contributed by atoms with Gasteiger partial charge in [-0.25, -0.2) is 0 Å². The summed E-state index contributed by atoms with van der Waals surface area (Å²) < 4.78 is 5.38. The van der Waals surface area contributed by atoms with E-state index in [2.05, 4.69) is 24.4 Å². The quantitative estimate of drug-likeness (QED) is 0.885. The number of nitrogens with one attached hydrogen (secondary N) is 1. The number of nitriles is 1. The Hall–Kier alpha value is -1.53. The normalized spacial score (nSPS) is 24.5. The van der Waals surface area contributed by atoms with Crippen LogP contribution in [0.25, 0.3) is 0 Å². The van der Waals surface area contributed by atoms with Crippen molar-refractivity contribution in [2.45, 2.75) is 38.3 Å². The van der Waals surface area contributed by atoms with E-state index in [1.165, 1.54) is 0 Å². The number of ether oxygens (including phenoxy) is 1. The highest BCUT2D eigenvalue weighted by molar-refractivity contribution is 5.35. The summed E-state index contributed by atoms with van der Waals surface area (Å²) in [6.45, 7) is 2.13. The van der Waals surface area contributed by atoms with Crippen LogP contribution >= 0.6 is 0 Å². The molecule has 0 radical (unpaired) electrons. The number of methoxy groups -OCH3 is 1. The van der Waals surface area contributed by atoms with Crippen LogP contribution in [0.5, 0.6) is 5.75 Å². The average molecular weight is 244 g/mol. The highest BCUT2D eigenvalue weighted by atomic mass is 16.5. The lowest BCUT2D eigenvalue weighted by atomic mass is 10.0. The van der Waals surface area contributed by atoms with Gasteiger partial charge in [-0.15, -0.1) is 0 Å². The van der Waals surface area contributed by atoms with Crippen molar-refractivity contribution >= 4 is 0 Å². The van der Waals surface area contributed by atoms with Gasteiger partial charge in [0.05, 0.1) is 19.1 Å². The highest BCUT2D eigenvalue weighted by Crippen LogP contribution is 2.30. The van der Waals surface area contributed by atoms with Crippen molar-refractivity contribution in [3.05, 3.63) is 29.8 Å². The minimum atomic E-state index is 0.155. The molecule has 3 atom stereocenters. The van der Waals surface area contributed by atoms with Crippen LogP contribution in [-0.4, -0.2) is 13.2 Å². The summed E-state index contributed by atoms with van der Waals surface area (Å²) in [6, 6.07) is 11.0. The Bertz CT molecular complexity index is 438. The Labute approximate surface area is 109 Å². The molecule has 0 spiro atoms. The minimum Gasteiger partial charge on any atom is -0.496 e. The Morgan fingerprint density at radius 3 is 2.89 bits per heavy atom. The number of hydrogen-bond donors (Lipinski definition) is 1. The number of nitrogens with zero attached hydrogens (tertiary/aromatic N) is 1. The van der Waals surface area contributed by atoms with Gasteiger partial charge in [-0.2, -0.15) is 5.26 Å². The zero-order valence-corrected chi connectivity index (χ0v) is 11.0. The van der Waals surface area contributed by atoms with Crippen LogP contribution in [0.4, 0.5) is 0 Å². The molecule has 0 bridgehead atoms. The van der Waals surface area contributed by atoms with E-state index in [9.17, 15) is 0 Å². The lowest BCUT2D eigenvalue weighted by Gasteiger charge is -2.23. The molecule has 1 aromatic rings. The Morgan fingerprint density at radius 1 is 1.39 bits per heavy atom. The SMILES string of the molecule is COc1ccccc1C(C)NC1CCCC1C#N. The molecule has 1 aromatic carbocycles. The topological polar surface area (TPSA) is 45.0 Å². The van der Waals surface area contributed by atoms with Gasteiger partial charge in [0.2, 0.25) is 0 Å². The van der Waals surface area contributed by atoms with E-state index in [1.54, 1.807) is 7.11 Å². The third-order valence-corrected chi connectivity index (χ3v) is 3.75. The lowest BCUT2D eigenvalue weighted by molar-refractivity contribution is 0.382. The van der Waals surface area contributed by atoms with Crippen LogP contribution in [0.15, 0.2) is 24.3 Å². The summed E-state index contributed by atoms with van der Waals surface area (Å²) >= 11 is 0. The third-order valence-electron chi connectivity index (χ3n) is 3.75. The van der Waals surface area contributed by atoms with Gasteiger partial charge in [0.25, 0.3) is 0 Å². The standard InChI is InChI=1S/C15H20N2O/c1-11(13-7-3-4-9-15(13)18-2)17-14-8-5-6-12(14)10-16/h3-4,7,9,11-12,14,17H,5-6,8H2,1-2H3. The molecule has 2 rings (SSSR count). The first-order chi connectivity index (χ1) is 8.76. The van der Waals surface area contributed by atoms with Gasteiger partial charge in [-0.05, 0) is 25.8 Å². The lowest BCUT2D eigenvalue weighted by Crippen LogP contribution is -2.34. The van der Waals surface area contributed by atoms with Crippen molar-refractivity contribution < 1.29 is 4.74 Å². The Kier molecular flexibility index (Phi) is 4.22. The first-order valence-corrected chi connectivity index (χ1v) is 6.55. The molecule has 1 fully saturated rings. The molecule has 3 unspecified atom stereocenters. The maximum Gasteiger partial charge on any atom is 0.123 e. The number of rotatable bonds is 4. The van der Waals surface area contributed by atoms with Crippen LogP contribution in [0.1, 0.15) is 37.8 Å². The van der Waals surface area contributed by atoms with Crippen molar-refractivity contribution in [1.82, 2.24) is 5.32 Å². The van der Waals surface area contributed by atoms with Crippen LogP contribution in [-0.2, 0) is 0 Å². The molecule has 96 valence electrons. The molecule has 0 aliphatic heterocycles. The molecule has 18 heavy (non-hydrogen) atoms. The van der Waals surface area contributed by atoms with E-state index in [0.29, 0.717) is 6.04 Å². The van der Waals surface area contributed by atoms with Crippen LogP contribution < -0.4 is 10.1 Å². The average Bonchev–Trinajstić information content (AvgIpc) is 2.85. The maximum atomic E-state index is 9.11. The van der Waals surface area contributed by atoms with Crippen LogP contribution in [0.3, 0.4) is 0 Å².